The number of hydrogen-bond donors (Lipinski definition) is 1. The number of rotatable bonds is 4. The Hall–Kier alpha value is -2.34. The lowest BCUT2D eigenvalue weighted by Gasteiger charge is -2.33. The van der Waals surface area contributed by atoms with Gasteiger partial charge in [-0.05, 0) is 38.1 Å². The summed E-state index contributed by atoms with van der Waals surface area (Å²) in [6.45, 7) is 4.53. The van der Waals surface area contributed by atoms with Crippen LogP contribution in [-0.4, -0.2) is 49.3 Å². The first kappa shape index (κ1) is 16.1. The number of ketones is 1. The standard InChI is InChI=1S/C19H24N4O2/c20-18(25)17-16(24)8-11-22-14-6-2-3-7-15(14)23(19(17)22)13-12-21-9-4-1-5-10-21/h2-3,6-7H,1,4-5,8-13H2,(H2,20,25). The van der Waals surface area contributed by atoms with E-state index < -0.39 is 5.91 Å². The number of nitrogens with zero attached hydrogens (tertiary/aromatic N) is 3. The van der Waals surface area contributed by atoms with Crippen molar-refractivity contribution in [1.82, 2.24) is 4.90 Å². The molecule has 3 aliphatic heterocycles. The number of anilines is 2. The van der Waals surface area contributed by atoms with Gasteiger partial charge in [0.1, 0.15) is 11.4 Å². The van der Waals surface area contributed by atoms with Crippen LogP contribution < -0.4 is 15.5 Å². The smallest absolute Gasteiger partial charge is 0.256 e. The number of carbonyl (C=O) groups is 2. The molecule has 3 heterocycles. The van der Waals surface area contributed by atoms with Crippen molar-refractivity contribution in [1.29, 1.82) is 0 Å². The molecule has 6 nitrogen and oxygen atoms in total. The molecule has 6 heteroatoms. The van der Waals surface area contributed by atoms with Crippen LogP contribution in [0.2, 0.25) is 0 Å². The van der Waals surface area contributed by atoms with Gasteiger partial charge in [-0.1, -0.05) is 18.6 Å². The van der Waals surface area contributed by atoms with Crippen molar-refractivity contribution in [3.63, 3.8) is 0 Å². The van der Waals surface area contributed by atoms with E-state index in [1.54, 1.807) is 0 Å². The Morgan fingerprint density at radius 3 is 2.44 bits per heavy atom. The molecule has 3 aliphatic rings. The van der Waals surface area contributed by atoms with Gasteiger partial charge in [-0.15, -0.1) is 0 Å². The van der Waals surface area contributed by atoms with E-state index >= 15 is 0 Å². The van der Waals surface area contributed by atoms with E-state index in [1.165, 1.54) is 19.3 Å². The second-order valence-corrected chi connectivity index (χ2v) is 6.93. The summed E-state index contributed by atoms with van der Waals surface area (Å²) in [5.74, 6) is -0.0861. The molecule has 1 amide bonds. The normalized spacial score (nSPS) is 20.7. The second kappa shape index (κ2) is 6.52. The number of fused-ring (bicyclic) bond motifs is 3. The van der Waals surface area contributed by atoms with E-state index in [0.29, 0.717) is 18.8 Å². The summed E-state index contributed by atoms with van der Waals surface area (Å²) < 4.78 is 0. The highest BCUT2D eigenvalue weighted by Gasteiger charge is 2.40. The average molecular weight is 340 g/mol. The molecule has 132 valence electrons. The molecule has 0 unspecified atom stereocenters. The summed E-state index contributed by atoms with van der Waals surface area (Å²) in [5.41, 5.74) is 7.84. The minimum absolute atomic E-state index is 0.144. The number of likely N-dealkylation sites (tertiary alicyclic amines) is 1. The lowest BCUT2D eigenvalue weighted by Crippen LogP contribution is -2.43. The Balaban J connectivity index is 1.69. The maximum Gasteiger partial charge on any atom is 0.256 e. The van der Waals surface area contributed by atoms with Crippen molar-refractivity contribution >= 4 is 23.1 Å². The van der Waals surface area contributed by atoms with Gasteiger partial charge in [0, 0.05) is 26.1 Å². The Kier molecular flexibility index (Phi) is 4.21. The zero-order chi connectivity index (χ0) is 17.4. The Bertz CT molecular complexity index is 737. The zero-order valence-electron chi connectivity index (χ0n) is 14.4. The number of amides is 1. The fraction of sp³-hybridized carbons (Fsp3) is 0.474. The monoisotopic (exact) mass is 340 g/mol. The SMILES string of the molecule is NC(=O)C1=C2N(CCC1=O)c1ccccc1N2CCN1CCCCC1. The highest BCUT2D eigenvalue weighted by atomic mass is 16.2. The van der Waals surface area contributed by atoms with Crippen LogP contribution in [0.4, 0.5) is 11.4 Å². The molecule has 0 saturated carbocycles. The molecule has 25 heavy (non-hydrogen) atoms. The van der Waals surface area contributed by atoms with Gasteiger partial charge >= 0.3 is 0 Å². The topological polar surface area (TPSA) is 69.9 Å². The summed E-state index contributed by atoms with van der Waals surface area (Å²) in [4.78, 5) is 31.0. The van der Waals surface area contributed by atoms with Crippen molar-refractivity contribution < 1.29 is 9.59 Å². The Labute approximate surface area is 147 Å². The predicted octanol–water partition coefficient (Wildman–Crippen LogP) is 1.47. The predicted molar refractivity (Wildman–Crippen MR) is 97.3 cm³/mol. The molecule has 0 aromatic heterocycles. The Morgan fingerprint density at radius 2 is 1.72 bits per heavy atom. The van der Waals surface area contributed by atoms with Crippen LogP contribution in [0.15, 0.2) is 35.7 Å². The largest absolute Gasteiger partial charge is 0.365 e. The van der Waals surface area contributed by atoms with Gasteiger partial charge in [0.15, 0.2) is 5.78 Å². The van der Waals surface area contributed by atoms with Crippen molar-refractivity contribution in [2.45, 2.75) is 25.7 Å². The number of para-hydroxylation sites is 2. The van der Waals surface area contributed by atoms with E-state index in [9.17, 15) is 9.59 Å². The fourth-order valence-corrected chi connectivity index (χ4v) is 4.15. The number of nitrogens with two attached hydrogens (primary N) is 1. The van der Waals surface area contributed by atoms with Crippen LogP contribution in [-0.2, 0) is 9.59 Å². The van der Waals surface area contributed by atoms with Crippen LogP contribution in [0.3, 0.4) is 0 Å². The fourth-order valence-electron chi connectivity index (χ4n) is 4.15. The van der Waals surface area contributed by atoms with Crippen molar-refractivity contribution in [3.05, 3.63) is 35.7 Å². The van der Waals surface area contributed by atoms with E-state index in [0.717, 1.165) is 37.6 Å². The van der Waals surface area contributed by atoms with E-state index in [4.69, 9.17) is 5.73 Å². The number of Topliss-reactive ketones (excluding diaryl/α,β-unsaturated/α-hetero) is 1. The minimum Gasteiger partial charge on any atom is -0.365 e. The second-order valence-electron chi connectivity index (χ2n) is 6.93. The summed E-state index contributed by atoms with van der Waals surface area (Å²) in [6.07, 6.45) is 4.13. The molecule has 0 aliphatic carbocycles. The van der Waals surface area contributed by atoms with Crippen molar-refractivity contribution in [3.8, 4) is 0 Å². The summed E-state index contributed by atoms with van der Waals surface area (Å²) in [7, 11) is 0. The highest BCUT2D eigenvalue weighted by Crippen LogP contribution is 2.44. The van der Waals surface area contributed by atoms with Gasteiger partial charge in [-0.3, -0.25) is 9.59 Å². The van der Waals surface area contributed by atoms with Gasteiger partial charge < -0.3 is 20.4 Å². The minimum atomic E-state index is -0.625. The number of carbonyl (C=O) groups excluding carboxylic acids is 2. The summed E-state index contributed by atoms with van der Waals surface area (Å²) >= 11 is 0. The van der Waals surface area contributed by atoms with Crippen LogP contribution in [0.1, 0.15) is 25.7 Å². The van der Waals surface area contributed by atoms with Gasteiger partial charge in [-0.2, -0.15) is 0 Å². The zero-order valence-corrected chi connectivity index (χ0v) is 14.4. The molecule has 0 spiro atoms. The van der Waals surface area contributed by atoms with Gasteiger partial charge in [0.05, 0.1) is 11.4 Å². The van der Waals surface area contributed by atoms with Gasteiger partial charge in [0.2, 0.25) is 0 Å². The molecule has 4 rings (SSSR count). The van der Waals surface area contributed by atoms with Gasteiger partial charge in [-0.25, -0.2) is 0 Å². The number of benzene rings is 1. The van der Waals surface area contributed by atoms with Crippen molar-refractivity contribution in [2.75, 3.05) is 42.5 Å². The average Bonchev–Trinajstić information content (AvgIpc) is 2.94. The highest BCUT2D eigenvalue weighted by molar-refractivity contribution is 6.21. The molecule has 1 aromatic rings. The molecule has 1 aromatic carbocycles. The number of piperidine rings is 1. The first-order chi connectivity index (χ1) is 12.2. The molecule has 0 radical (unpaired) electrons. The van der Waals surface area contributed by atoms with Crippen LogP contribution in [0.25, 0.3) is 0 Å². The first-order valence-corrected chi connectivity index (χ1v) is 9.10. The van der Waals surface area contributed by atoms with Crippen LogP contribution in [0.5, 0.6) is 0 Å². The van der Waals surface area contributed by atoms with E-state index in [1.807, 2.05) is 18.2 Å². The third-order valence-corrected chi connectivity index (χ3v) is 5.37. The molecule has 1 saturated heterocycles. The quantitative estimate of drug-likeness (QED) is 0.841. The molecule has 2 N–H and O–H groups in total. The lowest BCUT2D eigenvalue weighted by atomic mass is 10.0. The van der Waals surface area contributed by atoms with E-state index in [-0.39, 0.29) is 11.4 Å². The maximum atomic E-state index is 12.4. The van der Waals surface area contributed by atoms with E-state index in [2.05, 4.69) is 20.8 Å². The summed E-state index contributed by atoms with van der Waals surface area (Å²) in [5, 5.41) is 0. The first-order valence-electron chi connectivity index (χ1n) is 9.10. The molecule has 0 atom stereocenters. The Morgan fingerprint density at radius 1 is 1.00 bits per heavy atom. The number of primary amides is 1. The molecular formula is C19H24N4O2. The van der Waals surface area contributed by atoms with Crippen LogP contribution in [0, 0.1) is 0 Å². The number of hydrogen-bond acceptors (Lipinski definition) is 5. The molecular weight excluding hydrogens is 316 g/mol. The molecule has 0 bridgehead atoms. The van der Waals surface area contributed by atoms with Crippen LogP contribution >= 0.6 is 0 Å². The van der Waals surface area contributed by atoms with Crippen molar-refractivity contribution in [2.24, 2.45) is 5.73 Å². The third kappa shape index (κ3) is 2.80. The summed E-state index contributed by atoms with van der Waals surface area (Å²) in [6, 6.07) is 8.09. The van der Waals surface area contributed by atoms with Gasteiger partial charge in [0.25, 0.3) is 5.91 Å². The lowest BCUT2D eigenvalue weighted by molar-refractivity contribution is -0.121. The molecule has 1 fully saturated rings. The maximum absolute atomic E-state index is 12.4. The third-order valence-electron chi connectivity index (χ3n) is 5.37.